The van der Waals surface area contributed by atoms with Gasteiger partial charge in [-0.05, 0) is 37.1 Å². The third-order valence-corrected chi connectivity index (χ3v) is 4.38. The van der Waals surface area contributed by atoms with Crippen molar-refractivity contribution < 1.29 is 23.4 Å². The van der Waals surface area contributed by atoms with Gasteiger partial charge in [-0.2, -0.15) is 0 Å². The van der Waals surface area contributed by atoms with Crippen molar-refractivity contribution in [2.75, 3.05) is 26.2 Å². The number of aliphatic hydroxyl groups is 1. The second kappa shape index (κ2) is 8.96. The van der Waals surface area contributed by atoms with Gasteiger partial charge in [0.05, 0.1) is 0 Å². The molecule has 140 valence electrons. The standard InChI is InChI=1S/C20H23F2NO3/c21-19-7-6-18(12-20(19)22)26-17-8-10-23(11-9-17)13-15(24)14-25-16-4-2-1-3-5-16/h1-7,12,15,17,24H,8-11,13-14H2. The Bertz CT molecular complexity index is 691. The number of piperidine rings is 1. The highest BCUT2D eigenvalue weighted by atomic mass is 19.2. The lowest BCUT2D eigenvalue weighted by Gasteiger charge is -2.33. The molecule has 1 saturated heterocycles. The van der Waals surface area contributed by atoms with Crippen molar-refractivity contribution in [3.05, 3.63) is 60.2 Å². The zero-order chi connectivity index (χ0) is 18.4. The van der Waals surface area contributed by atoms with Crippen LogP contribution in [0.2, 0.25) is 0 Å². The minimum atomic E-state index is -0.901. The van der Waals surface area contributed by atoms with Crippen LogP contribution in [0.1, 0.15) is 12.8 Å². The number of nitrogens with zero attached hydrogens (tertiary/aromatic N) is 1. The molecule has 1 fully saturated rings. The Kier molecular flexibility index (Phi) is 6.41. The number of β-amino-alcohol motifs (C(OH)–C–C–N with tert-alkyl or cyclic N) is 1. The van der Waals surface area contributed by atoms with E-state index in [1.165, 1.54) is 6.07 Å². The molecule has 0 saturated carbocycles. The van der Waals surface area contributed by atoms with Crippen LogP contribution < -0.4 is 9.47 Å². The molecule has 1 atom stereocenters. The van der Waals surface area contributed by atoms with Crippen molar-refractivity contribution in [1.29, 1.82) is 0 Å². The molecule has 1 aliphatic rings. The van der Waals surface area contributed by atoms with E-state index in [2.05, 4.69) is 4.90 Å². The van der Waals surface area contributed by atoms with E-state index in [1.807, 2.05) is 30.3 Å². The summed E-state index contributed by atoms with van der Waals surface area (Å²) in [6, 6.07) is 13.0. The monoisotopic (exact) mass is 363 g/mol. The van der Waals surface area contributed by atoms with Crippen LogP contribution in [0, 0.1) is 11.6 Å². The van der Waals surface area contributed by atoms with Gasteiger partial charge in [-0.15, -0.1) is 0 Å². The van der Waals surface area contributed by atoms with Crippen molar-refractivity contribution in [2.24, 2.45) is 0 Å². The molecule has 0 amide bonds. The van der Waals surface area contributed by atoms with Crippen LogP contribution in [0.15, 0.2) is 48.5 Å². The van der Waals surface area contributed by atoms with Gasteiger partial charge in [-0.3, -0.25) is 0 Å². The molecule has 6 heteroatoms. The smallest absolute Gasteiger partial charge is 0.162 e. The molecule has 0 spiro atoms. The maximum absolute atomic E-state index is 13.2. The van der Waals surface area contributed by atoms with Gasteiger partial charge in [0.2, 0.25) is 0 Å². The predicted octanol–water partition coefficient (Wildman–Crippen LogP) is 3.25. The van der Waals surface area contributed by atoms with Gasteiger partial charge in [0.15, 0.2) is 11.6 Å². The molecular formula is C20H23F2NO3. The van der Waals surface area contributed by atoms with Crippen molar-refractivity contribution in [1.82, 2.24) is 4.90 Å². The first kappa shape index (κ1) is 18.6. The SMILES string of the molecule is OC(COc1ccccc1)CN1CCC(Oc2ccc(F)c(F)c2)CC1. The summed E-state index contributed by atoms with van der Waals surface area (Å²) in [5.74, 6) is -0.691. The Morgan fingerprint density at radius 2 is 1.73 bits per heavy atom. The van der Waals surface area contributed by atoms with E-state index in [4.69, 9.17) is 9.47 Å². The second-order valence-electron chi connectivity index (χ2n) is 6.47. The van der Waals surface area contributed by atoms with E-state index in [1.54, 1.807) is 0 Å². The first-order valence-electron chi connectivity index (χ1n) is 8.80. The highest BCUT2D eigenvalue weighted by Gasteiger charge is 2.22. The Morgan fingerprint density at radius 1 is 1.00 bits per heavy atom. The second-order valence-corrected chi connectivity index (χ2v) is 6.47. The predicted molar refractivity (Wildman–Crippen MR) is 94.4 cm³/mol. The van der Waals surface area contributed by atoms with Crippen LogP contribution >= 0.6 is 0 Å². The molecule has 4 nitrogen and oxygen atoms in total. The lowest BCUT2D eigenvalue weighted by molar-refractivity contribution is 0.0401. The van der Waals surface area contributed by atoms with E-state index in [9.17, 15) is 13.9 Å². The van der Waals surface area contributed by atoms with E-state index in [-0.39, 0.29) is 12.7 Å². The van der Waals surface area contributed by atoms with Crippen LogP contribution in [0.5, 0.6) is 11.5 Å². The van der Waals surface area contributed by atoms with E-state index < -0.39 is 17.7 Å². The van der Waals surface area contributed by atoms with E-state index >= 15 is 0 Å². The number of ether oxygens (including phenoxy) is 2. The molecule has 3 rings (SSSR count). The average molecular weight is 363 g/mol. The molecule has 1 heterocycles. The number of hydrogen-bond donors (Lipinski definition) is 1. The van der Waals surface area contributed by atoms with Crippen molar-refractivity contribution in [3.63, 3.8) is 0 Å². The fourth-order valence-corrected chi connectivity index (χ4v) is 3.01. The molecule has 2 aromatic rings. The molecule has 0 aliphatic carbocycles. The highest BCUT2D eigenvalue weighted by molar-refractivity contribution is 5.24. The van der Waals surface area contributed by atoms with Gasteiger partial charge >= 0.3 is 0 Å². The summed E-state index contributed by atoms with van der Waals surface area (Å²) in [4.78, 5) is 2.16. The Balaban J connectivity index is 1.38. The molecule has 26 heavy (non-hydrogen) atoms. The normalized spacial score (nSPS) is 17.0. The first-order valence-corrected chi connectivity index (χ1v) is 8.80. The van der Waals surface area contributed by atoms with Crippen LogP contribution in [0.4, 0.5) is 8.78 Å². The van der Waals surface area contributed by atoms with E-state index in [0.717, 1.165) is 43.8 Å². The Labute approximate surface area is 152 Å². The first-order chi connectivity index (χ1) is 12.6. The Hall–Kier alpha value is -2.18. The molecule has 2 aromatic carbocycles. The van der Waals surface area contributed by atoms with E-state index in [0.29, 0.717) is 12.3 Å². The number of rotatable bonds is 7. The van der Waals surface area contributed by atoms with Gasteiger partial charge in [0, 0.05) is 25.7 Å². The third-order valence-electron chi connectivity index (χ3n) is 4.38. The quantitative estimate of drug-likeness (QED) is 0.820. The summed E-state index contributed by atoms with van der Waals surface area (Å²) in [5, 5.41) is 10.1. The lowest BCUT2D eigenvalue weighted by Crippen LogP contribution is -2.43. The number of para-hydroxylation sites is 1. The van der Waals surface area contributed by atoms with Gasteiger partial charge < -0.3 is 19.5 Å². The largest absolute Gasteiger partial charge is 0.491 e. The summed E-state index contributed by atoms with van der Waals surface area (Å²) in [6.07, 6.45) is 0.934. The topological polar surface area (TPSA) is 41.9 Å². The number of halogens is 2. The molecule has 0 radical (unpaired) electrons. The zero-order valence-electron chi connectivity index (χ0n) is 14.5. The van der Waals surface area contributed by atoms with Crippen LogP contribution in [-0.4, -0.2) is 48.5 Å². The number of likely N-dealkylation sites (tertiary alicyclic amines) is 1. The molecule has 1 unspecified atom stereocenters. The van der Waals surface area contributed by atoms with Crippen LogP contribution in [0.25, 0.3) is 0 Å². The summed E-state index contributed by atoms with van der Waals surface area (Å²) >= 11 is 0. The van der Waals surface area contributed by atoms with Gasteiger partial charge in [-0.1, -0.05) is 18.2 Å². The fraction of sp³-hybridized carbons (Fsp3) is 0.400. The van der Waals surface area contributed by atoms with Gasteiger partial charge in [0.1, 0.15) is 30.3 Å². The minimum Gasteiger partial charge on any atom is -0.491 e. The number of aliphatic hydroxyl groups excluding tert-OH is 1. The van der Waals surface area contributed by atoms with Gasteiger partial charge in [-0.25, -0.2) is 8.78 Å². The van der Waals surface area contributed by atoms with Crippen LogP contribution in [-0.2, 0) is 0 Å². The summed E-state index contributed by atoms with van der Waals surface area (Å²) in [7, 11) is 0. The minimum absolute atomic E-state index is 0.0335. The number of hydrogen-bond acceptors (Lipinski definition) is 4. The fourth-order valence-electron chi connectivity index (χ4n) is 3.01. The zero-order valence-corrected chi connectivity index (χ0v) is 14.5. The van der Waals surface area contributed by atoms with Crippen LogP contribution in [0.3, 0.4) is 0 Å². The van der Waals surface area contributed by atoms with Crippen molar-refractivity contribution in [2.45, 2.75) is 25.0 Å². The highest BCUT2D eigenvalue weighted by Crippen LogP contribution is 2.21. The maximum atomic E-state index is 13.2. The number of benzene rings is 2. The summed E-state index contributed by atoms with van der Waals surface area (Å²) < 4.78 is 37.5. The van der Waals surface area contributed by atoms with Crippen molar-refractivity contribution >= 4 is 0 Å². The lowest BCUT2D eigenvalue weighted by atomic mass is 10.1. The molecule has 1 N–H and O–H groups in total. The van der Waals surface area contributed by atoms with Crippen molar-refractivity contribution in [3.8, 4) is 11.5 Å². The van der Waals surface area contributed by atoms with Gasteiger partial charge in [0.25, 0.3) is 0 Å². The molecule has 1 aliphatic heterocycles. The Morgan fingerprint density at radius 3 is 2.42 bits per heavy atom. The third kappa shape index (κ3) is 5.41. The summed E-state index contributed by atoms with van der Waals surface area (Å²) in [5.41, 5.74) is 0. The molecule has 0 aromatic heterocycles. The summed E-state index contributed by atoms with van der Waals surface area (Å²) in [6.45, 7) is 2.33. The molecular weight excluding hydrogens is 340 g/mol. The average Bonchev–Trinajstić information content (AvgIpc) is 2.65. The molecule has 0 bridgehead atoms. The maximum Gasteiger partial charge on any atom is 0.162 e.